The molecular formula is C16H18BrN3O. The minimum atomic E-state index is 0.136. The molecule has 1 aliphatic heterocycles. The lowest BCUT2D eigenvalue weighted by Gasteiger charge is -2.13. The van der Waals surface area contributed by atoms with E-state index in [0.29, 0.717) is 12.1 Å². The molecule has 21 heavy (non-hydrogen) atoms. The van der Waals surface area contributed by atoms with Crippen molar-refractivity contribution in [2.75, 3.05) is 11.9 Å². The maximum atomic E-state index is 12.7. The van der Waals surface area contributed by atoms with Gasteiger partial charge in [0.05, 0.1) is 10.7 Å². The summed E-state index contributed by atoms with van der Waals surface area (Å²) < 4.78 is 2.57. The lowest BCUT2D eigenvalue weighted by Crippen LogP contribution is -2.16. The van der Waals surface area contributed by atoms with Crippen molar-refractivity contribution in [3.63, 3.8) is 0 Å². The number of nitrogens with zero attached hydrogens (tertiary/aromatic N) is 2. The number of halogens is 1. The van der Waals surface area contributed by atoms with Crippen LogP contribution in [0.25, 0.3) is 0 Å². The van der Waals surface area contributed by atoms with Crippen LogP contribution in [0.4, 0.5) is 5.69 Å². The topological polar surface area (TPSA) is 46.9 Å². The van der Waals surface area contributed by atoms with Gasteiger partial charge in [0.25, 0.3) is 0 Å². The van der Waals surface area contributed by atoms with Crippen LogP contribution in [0.15, 0.2) is 34.9 Å². The van der Waals surface area contributed by atoms with Crippen LogP contribution < -0.4 is 5.32 Å². The van der Waals surface area contributed by atoms with Crippen LogP contribution in [0, 0.1) is 0 Å². The Morgan fingerprint density at radius 2 is 2.24 bits per heavy atom. The molecule has 2 heterocycles. The molecule has 1 aliphatic rings. The van der Waals surface area contributed by atoms with Gasteiger partial charge in [-0.05, 0) is 41.4 Å². The van der Waals surface area contributed by atoms with Crippen molar-refractivity contribution in [1.29, 1.82) is 0 Å². The normalized spacial score (nSPS) is 16.9. The van der Waals surface area contributed by atoms with Crippen molar-refractivity contribution in [3.8, 4) is 0 Å². The van der Waals surface area contributed by atoms with E-state index in [1.165, 1.54) is 5.56 Å². The van der Waals surface area contributed by atoms with Gasteiger partial charge in [-0.2, -0.15) is 5.10 Å². The number of Topliss-reactive ketones (excluding diaryl/α,β-unsaturated/α-hetero) is 1. The molecule has 3 rings (SSSR count). The van der Waals surface area contributed by atoms with Gasteiger partial charge in [-0.25, -0.2) is 0 Å². The van der Waals surface area contributed by atoms with Crippen LogP contribution in [-0.2, 0) is 0 Å². The summed E-state index contributed by atoms with van der Waals surface area (Å²) in [5.74, 6) is 0.368. The molecule has 0 fully saturated rings. The van der Waals surface area contributed by atoms with Crippen LogP contribution in [0.3, 0.4) is 0 Å². The molecule has 1 aromatic heterocycles. The van der Waals surface area contributed by atoms with E-state index in [9.17, 15) is 4.79 Å². The Labute approximate surface area is 132 Å². The van der Waals surface area contributed by atoms with Crippen molar-refractivity contribution in [3.05, 3.63) is 46.2 Å². The second kappa shape index (κ2) is 5.64. The standard InChI is InChI=1S/C16H18BrN3O/c1-10(2)20-16(13(17)9-19-20)15(21)7-11-8-18-14-6-4-3-5-12(11)14/h3-6,9-11,18H,7-8H2,1-2H3. The first-order chi connectivity index (χ1) is 10.1. The number of para-hydroxylation sites is 1. The monoisotopic (exact) mass is 347 g/mol. The van der Waals surface area contributed by atoms with Gasteiger partial charge in [0.1, 0.15) is 5.69 Å². The molecule has 1 aromatic carbocycles. The highest BCUT2D eigenvalue weighted by Crippen LogP contribution is 2.34. The molecule has 1 atom stereocenters. The number of benzene rings is 1. The summed E-state index contributed by atoms with van der Waals surface area (Å²) in [6.07, 6.45) is 2.20. The van der Waals surface area contributed by atoms with Gasteiger partial charge in [-0.1, -0.05) is 18.2 Å². The predicted molar refractivity (Wildman–Crippen MR) is 86.9 cm³/mol. The number of fused-ring (bicyclic) bond motifs is 1. The fourth-order valence-corrected chi connectivity index (χ4v) is 3.35. The Morgan fingerprint density at radius 1 is 1.48 bits per heavy atom. The van der Waals surface area contributed by atoms with Crippen molar-refractivity contribution >= 4 is 27.4 Å². The zero-order chi connectivity index (χ0) is 15.0. The van der Waals surface area contributed by atoms with Crippen molar-refractivity contribution in [2.24, 2.45) is 0 Å². The van der Waals surface area contributed by atoms with Gasteiger partial charge in [0.15, 0.2) is 5.78 Å². The number of anilines is 1. The molecule has 0 amide bonds. The van der Waals surface area contributed by atoms with Gasteiger partial charge in [-0.15, -0.1) is 0 Å². The van der Waals surface area contributed by atoms with E-state index in [-0.39, 0.29) is 17.7 Å². The van der Waals surface area contributed by atoms with Crippen LogP contribution in [0.2, 0.25) is 0 Å². The minimum absolute atomic E-state index is 0.136. The largest absolute Gasteiger partial charge is 0.384 e. The number of ketones is 1. The highest BCUT2D eigenvalue weighted by atomic mass is 79.9. The summed E-state index contributed by atoms with van der Waals surface area (Å²) in [5.41, 5.74) is 3.05. The van der Waals surface area contributed by atoms with Crippen molar-refractivity contribution in [2.45, 2.75) is 32.2 Å². The summed E-state index contributed by atoms with van der Waals surface area (Å²) in [6, 6.07) is 8.37. The summed E-state index contributed by atoms with van der Waals surface area (Å²) >= 11 is 3.45. The summed E-state index contributed by atoms with van der Waals surface area (Å²) in [5, 5.41) is 7.65. The molecule has 1 N–H and O–H groups in total. The van der Waals surface area contributed by atoms with E-state index in [1.54, 1.807) is 10.9 Å². The van der Waals surface area contributed by atoms with E-state index in [0.717, 1.165) is 16.7 Å². The molecule has 0 aliphatic carbocycles. The number of hydrogen-bond acceptors (Lipinski definition) is 3. The Kier molecular flexibility index (Phi) is 3.85. The van der Waals surface area contributed by atoms with E-state index in [2.05, 4.69) is 38.5 Å². The van der Waals surface area contributed by atoms with Gasteiger partial charge < -0.3 is 5.32 Å². The van der Waals surface area contributed by atoms with Crippen LogP contribution in [0.1, 0.15) is 48.3 Å². The average molecular weight is 348 g/mol. The zero-order valence-electron chi connectivity index (χ0n) is 12.1. The Morgan fingerprint density at radius 3 is 3.00 bits per heavy atom. The molecule has 5 heteroatoms. The van der Waals surface area contributed by atoms with E-state index in [4.69, 9.17) is 0 Å². The van der Waals surface area contributed by atoms with Crippen LogP contribution in [0.5, 0.6) is 0 Å². The number of carbonyl (C=O) groups is 1. The van der Waals surface area contributed by atoms with Crippen molar-refractivity contribution < 1.29 is 4.79 Å². The smallest absolute Gasteiger partial charge is 0.182 e. The average Bonchev–Trinajstić information content (AvgIpc) is 3.03. The summed E-state index contributed by atoms with van der Waals surface area (Å²) in [6.45, 7) is 4.88. The minimum Gasteiger partial charge on any atom is -0.384 e. The Bertz CT molecular complexity index is 678. The zero-order valence-corrected chi connectivity index (χ0v) is 13.7. The maximum absolute atomic E-state index is 12.7. The fraction of sp³-hybridized carbons (Fsp3) is 0.375. The Balaban J connectivity index is 1.84. The second-order valence-corrected chi connectivity index (χ2v) is 6.53. The van der Waals surface area contributed by atoms with E-state index < -0.39 is 0 Å². The van der Waals surface area contributed by atoms with Gasteiger partial charge in [0.2, 0.25) is 0 Å². The lowest BCUT2D eigenvalue weighted by molar-refractivity contribution is 0.0962. The third-order valence-corrected chi connectivity index (χ3v) is 4.46. The molecule has 4 nitrogen and oxygen atoms in total. The van der Waals surface area contributed by atoms with Crippen LogP contribution in [-0.4, -0.2) is 22.1 Å². The van der Waals surface area contributed by atoms with Gasteiger partial charge >= 0.3 is 0 Å². The van der Waals surface area contributed by atoms with Gasteiger partial charge in [-0.3, -0.25) is 9.48 Å². The second-order valence-electron chi connectivity index (χ2n) is 5.67. The third-order valence-electron chi connectivity index (χ3n) is 3.88. The molecule has 0 saturated heterocycles. The number of nitrogens with one attached hydrogen (secondary N) is 1. The molecule has 0 bridgehead atoms. The number of hydrogen-bond donors (Lipinski definition) is 1. The third kappa shape index (κ3) is 2.62. The first-order valence-corrected chi connectivity index (χ1v) is 7.96. The lowest BCUT2D eigenvalue weighted by atomic mass is 9.95. The molecule has 0 radical (unpaired) electrons. The number of aromatic nitrogens is 2. The molecule has 110 valence electrons. The quantitative estimate of drug-likeness (QED) is 0.850. The fourth-order valence-electron chi connectivity index (χ4n) is 2.85. The Hall–Kier alpha value is -1.62. The first-order valence-electron chi connectivity index (χ1n) is 7.17. The van der Waals surface area contributed by atoms with E-state index >= 15 is 0 Å². The molecule has 0 saturated carbocycles. The van der Waals surface area contributed by atoms with Gasteiger partial charge in [0, 0.05) is 30.6 Å². The molecular weight excluding hydrogens is 330 g/mol. The summed E-state index contributed by atoms with van der Waals surface area (Å²) in [4.78, 5) is 12.7. The molecule has 2 aromatic rings. The van der Waals surface area contributed by atoms with Crippen LogP contribution >= 0.6 is 15.9 Å². The number of carbonyl (C=O) groups excluding carboxylic acids is 1. The van der Waals surface area contributed by atoms with Crippen molar-refractivity contribution in [1.82, 2.24) is 9.78 Å². The number of rotatable bonds is 4. The highest BCUT2D eigenvalue weighted by Gasteiger charge is 2.27. The maximum Gasteiger partial charge on any atom is 0.182 e. The predicted octanol–water partition coefficient (Wildman–Crippen LogP) is 4.01. The SMILES string of the molecule is CC(C)n1ncc(Br)c1C(=O)CC1CNc2ccccc21. The summed E-state index contributed by atoms with van der Waals surface area (Å²) in [7, 11) is 0. The highest BCUT2D eigenvalue weighted by molar-refractivity contribution is 9.10. The molecule has 1 unspecified atom stereocenters. The molecule has 0 spiro atoms. The van der Waals surface area contributed by atoms with E-state index in [1.807, 2.05) is 26.0 Å². The first kappa shape index (κ1) is 14.3.